The summed E-state index contributed by atoms with van der Waals surface area (Å²) in [5, 5.41) is 15.2. The van der Waals surface area contributed by atoms with E-state index < -0.39 is 0 Å². The van der Waals surface area contributed by atoms with Crippen molar-refractivity contribution in [2.75, 3.05) is 6.61 Å². The van der Waals surface area contributed by atoms with Gasteiger partial charge in [0.25, 0.3) is 0 Å². The van der Waals surface area contributed by atoms with Gasteiger partial charge >= 0.3 is 6.03 Å². The molecule has 20 heavy (non-hydrogen) atoms. The molecule has 4 atom stereocenters. The van der Waals surface area contributed by atoms with Crippen LogP contribution in [0.4, 0.5) is 4.79 Å². The maximum Gasteiger partial charge on any atom is 0.315 e. The van der Waals surface area contributed by atoms with Crippen LogP contribution >= 0.6 is 0 Å². The highest BCUT2D eigenvalue weighted by Crippen LogP contribution is 2.44. The predicted octanol–water partition coefficient (Wildman–Crippen LogP) is 2.19. The van der Waals surface area contributed by atoms with Crippen LogP contribution in [0.2, 0.25) is 0 Å². The number of amides is 2. The Kier molecular flexibility index (Phi) is 4.29. The minimum Gasteiger partial charge on any atom is -0.396 e. The Morgan fingerprint density at radius 1 is 1.10 bits per heavy atom. The van der Waals surface area contributed by atoms with Crippen molar-refractivity contribution in [3.63, 3.8) is 0 Å². The van der Waals surface area contributed by atoms with Crippen molar-refractivity contribution in [3.05, 3.63) is 12.2 Å². The molecule has 4 nitrogen and oxygen atoms in total. The third-order valence-electron chi connectivity index (χ3n) is 5.13. The molecule has 112 valence electrons. The molecule has 0 bridgehead atoms. The summed E-state index contributed by atoms with van der Waals surface area (Å²) in [5.74, 6) is 1.78. The zero-order valence-electron chi connectivity index (χ0n) is 12.1. The Balaban J connectivity index is 1.37. The van der Waals surface area contributed by atoms with Gasteiger partial charge in [0.05, 0.1) is 0 Å². The highest BCUT2D eigenvalue weighted by atomic mass is 16.3. The fourth-order valence-electron chi connectivity index (χ4n) is 3.86. The molecule has 0 aromatic heterocycles. The Labute approximate surface area is 121 Å². The van der Waals surface area contributed by atoms with Gasteiger partial charge in [-0.2, -0.15) is 0 Å². The number of hydrogen-bond donors (Lipinski definition) is 3. The van der Waals surface area contributed by atoms with Crippen LogP contribution < -0.4 is 10.6 Å². The first-order chi connectivity index (χ1) is 9.76. The van der Waals surface area contributed by atoms with Crippen molar-refractivity contribution in [1.82, 2.24) is 10.6 Å². The van der Waals surface area contributed by atoms with Gasteiger partial charge in [-0.1, -0.05) is 44.3 Å². The maximum absolute atomic E-state index is 12.0. The van der Waals surface area contributed by atoms with E-state index >= 15 is 0 Å². The fourth-order valence-corrected chi connectivity index (χ4v) is 3.86. The molecule has 2 unspecified atom stereocenters. The molecule has 3 N–H and O–H groups in total. The van der Waals surface area contributed by atoms with Crippen molar-refractivity contribution in [2.24, 2.45) is 17.8 Å². The van der Waals surface area contributed by atoms with E-state index in [-0.39, 0.29) is 24.6 Å². The van der Waals surface area contributed by atoms with Crippen LogP contribution in [-0.4, -0.2) is 29.8 Å². The normalized spacial score (nSPS) is 36.9. The second-order valence-electron chi connectivity index (χ2n) is 6.69. The summed E-state index contributed by atoms with van der Waals surface area (Å²) in [6.45, 7) is 0.169. The molecule has 3 aliphatic rings. The zero-order valence-corrected chi connectivity index (χ0v) is 12.1. The van der Waals surface area contributed by atoms with Gasteiger partial charge < -0.3 is 15.7 Å². The minimum absolute atomic E-state index is 0.0402. The Bertz CT molecular complexity index is 377. The molecule has 0 aliphatic heterocycles. The Hall–Kier alpha value is -1.03. The summed E-state index contributed by atoms with van der Waals surface area (Å²) in [7, 11) is 0. The van der Waals surface area contributed by atoms with E-state index in [4.69, 9.17) is 5.11 Å². The fraction of sp³-hybridized carbons (Fsp3) is 0.812. The monoisotopic (exact) mass is 278 g/mol. The molecule has 3 rings (SSSR count). The second kappa shape index (κ2) is 6.17. The molecule has 4 heteroatoms. The molecule has 0 heterocycles. The zero-order chi connectivity index (χ0) is 13.9. The van der Waals surface area contributed by atoms with E-state index in [2.05, 4.69) is 10.6 Å². The number of carbonyl (C=O) groups excluding carboxylic acids is 1. The summed E-state index contributed by atoms with van der Waals surface area (Å²) >= 11 is 0. The van der Waals surface area contributed by atoms with Crippen LogP contribution in [0.5, 0.6) is 0 Å². The topological polar surface area (TPSA) is 61.4 Å². The van der Waals surface area contributed by atoms with Crippen molar-refractivity contribution in [2.45, 2.75) is 57.0 Å². The molecule has 2 fully saturated rings. The Morgan fingerprint density at radius 3 is 2.60 bits per heavy atom. The molecular weight excluding hydrogens is 252 g/mol. The molecular formula is C16H26N2O2. The van der Waals surface area contributed by atoms with E-state index in [9.17, 15) is 4.79 Å². The van der Waals surface area contributed by atoms with E-state index in [1.54, 1.807) is 0 Å². The molecule has 0 radical (unpaired) electrons. The van der Waals surface area contributed by atoms with Gasteiger partial charge in [-0.25, -0.2) is 4.79 Å². The summed E-state index contributed by atoms with van der Waals surface area (Å²) in [4.78, 5) is 12.0. The SMILES string of the molecule is O=C(NC1CC1C1CCCCC1)N[C@@H]1C=C[C@H](CO)C1. The average Bonchev–Trinajstić information content (AvgIpc) is 3.07. The summed E-state index contributed by atoms with van der Waals surface area (Å²) in [6.07, 6.45) is 12.8. The van der Waals surface area contributed by atoms with Gasteiger partial charge in [-0.15, -0.1) is 0 Å². The first-order valence-electron chi connectivity index (χ1n) is 8.12. The maximum atomic E-state index is 12.0. The van der Waals surface area contributed by atoms with Gasteiger partial charge in [0.15, 0.2) is 0 Å². The van der Waals surface area contributed by atoms with Crippen molar-refractivity contribution in [3.8, 4) is 0 Å². The molecule has 2 amide bonds. The van der Waals surface area contributed by atoms with Crippen LogP contribution in [0.3, 0.4) is 0 Å². The van der Waals surface area contributed by atoms with E-state index in [0.29, 0.717) is 6.04 Å². The number of hydrogen-bond acceptors (Lipinski definition) is 2. The number of aliphatic hydroxyl groups is 1. The number of rotatable bonds is 4. The summed E-state index contributed by atoms with van der Waals surface area (Å²) < 4.78 is 0. The second-order valence-corrected chi connectivity index (χ2v) is 6.69. The largest absolute Gasteiger partial charge is 0.396 e. The van der Waals surface area contributed by atoms with E-state index in [0.717, 1.165) is 24.7 Å². The van der Waals surface area contributed by atoms with Crippen LogP contribution in [0.1, 0.15) is 44.9 Å². The highest BCUT2D eigenvalue weighted by molar-refractivity contribution is 5.75. The van der Waals surface area contributed by atoms with E-state index in [1.807, 2.05) is 12.2 Å². The van der Waals surface area contributed by atoms with Gasteiger partial charge in [0.2, 0.25) is 0 Å². The smallest absolute Gasteiger partial charge is 0.315 e. The molecule has 0 spiro atoms. The highest BCUT2D eigenvalue weighted by Gasteiger charge is 2.43. The minimum atomic E-state index is -0.0402. The third kappa shape index (κ3) is 3.35. The molecule has 0 aromatic carbocycles. The van der Waals surface area contributed by atoms with Gasteiger partial charge in [-0.3, -0.25) is 0 Å². The van der Waals surface area contributed by atoms with Gasteiger partial charge in [0, 0.05) is 24.6 Å². The first kappa shape index (κ1) is 13.9. The molecule has 2 saturated carbocycles. The van der Waals surface area contributed by atoms with Crippen LogP contribution in [0.25, 0.3) is 0 Å². The van der Waals surface area contributed by atoms with Gasteiger partial charge in [0.1, 0.15) is 0 Å². The van der Waals surface area contributed by atoms with Crippen molar-refractivity contribution in [1.29, 1.82) is 0 Å². The van der Waals surface area contributed by atoms with Crippen molar-refractivity contribution < 1.29 is 9.90 Å². The van der Waals surface area contributed by atoms with Crippen molar-refractivity contribution >= 4 is 6.03 Å². The molecule has 3 aliphatic carbocycles. The number of aliphatic hydroxyl groups excluding tert-OH is 1. The first-order valence-corrected chi connectivity index (χ1v) is 8.12. The average molecular weight is 278 g/mol. The lowest BCUT2D eigenvalue weighted by atomic mass is 9.85. The lowest BCUT2D eigenvalue weighted by Gasteiger charge is -2.21. The van der Waals surface area contributed by atoms with Crippen LogP contribution in [-0.2, 0) is 0 Å². The summed E-state index contributed by atoms with van der Waals surface area (Å²) in [5.41, 5.74) is 0. The van der Waals surface area contributed by atoms with E-state index in [1.165, 1.54) is 32.1 Å². The number of carbonyl (C=O) groups is 1. The Morgan fingerprint density at radius 2 is 1.90 bits per heavy atom. The molecule has 0 saturated heterocycles. The number of urea groups is 1. The standard InChI is InChI=1S/C16H26N2O2/c19-10-11-6-7-13(8-11)17-16(20)18-15-9-14(15)12-4-2-1-3-5-12/h6-7,11-15,19H,1-5,8-10H2,(H2,17,18,20)/t11-,13+,14?,15?/m0/s1. The summed E-state index contributed by atoms with van der Waals surface area (Å²) in [6, 6.07) is 0.442. The lowest BCUT2D eigenvalue weighted by molar-refractivity contribution is 0.229. The predicted molar refractivity (Wildman–Crippen MR) is 78.3 cm³/mol. The van der Waals surface area contributed by atoms with Crippen LogP contribution in [0.15, 0.2) is 12.2 Å². The number of nitrogens with one attached hydrogen (secondary N) is 2. The quantitative estimate of drug-likeness (QED) is 0.690. The third-order valence-corrected chi connectivity index (χ3v) is 5.13. The van der Waals surface area contributed by atoms with Gasteiger partial charge in [-0.05, 0) is 24.7 Å². The molecule has 0 aromatic rings. The van der Waals surface area contributed by atoms with Crippen LogP contribution in [0, 0.1) is 17.8 Å². The lowest BCUT2D eigenvalue weighted by Crippen LogP contribution is -2.42.